The molecule has 1 amide bonds. The van der Waals surface area contributed by atoms with E-state index in [0.29, 0.717) is 45.3 Å². The number of nitriles is 1. The summed E-state index contributed by atoms with van der Waals surface area (Å²) in [6, 6.07) is 6.72. The molecule has 0 aliphatic heterocycles. The topological polar surface area (TPSA) is 79.9 Å². The summed E-state index contributed by atoms with van der Waals surface area (Å²) >= 11 is 12.4. The number of ether oxygens (including phenoxy) is 1. The lowest BCUT2D eigenvalue weighted by molar-refractivity contribution is -0.112. The van der Waals surface area contributed by atoms with Gasteiger partial charge in [0.15, 0.2) is 0 Å². The van der Waals surface area contributed by atoms with Crippen LogP contribution in [0.15, 0.2) is 23.8 Å². The summed E-state index contributed by atoms with van der Waals surface area (Å²) in [7, 11) is 1.50. The number of benzene rings is 1. The summed E-state index contributed by atoms with van der Waals surface area (Å²) in [5.41, 5.74) is 1.56. The normalized spacial score (nSPS) is 11.4. The Hall–Kier alpha value is -2.49. The molecule has 1 aromatic carbocycles. The molecule has 6 nitrogen and oxygen atoms in total. The molecule has 2 aromatic rings. The number of halogens is 2. The molecule has 0 atom stereocenters. The van der Waals surface area contributed by atoms with E-state index >= 15 is 0 Å². The zero-order valence-electron chi connectivity index (χ0n) is 15.5. The highest BCUT2D eigenvalue weighted by Gasteiger charge is 2.17. The molecule has 0 saturated carbocycles. The first-order valence-electron chi connectivity index (χ1n) is 8.26. The largest absolute Gasteiger partial charge is 0.495 e. The quantitative estimate of drug-likeness (QED) is 0.556. The number of rotatable bonds is 6. The van der Waals surface area contributed by atoms with Gasteiger partial charge in [0.1, 0.15) is 22.5 Å². The maximum atomic E-state index is 12.5. The first kappa shape index (κ1) is 20.8. The van der Waals surface area contributed by atoms with E-state index in [-0.39, 0.29) is 5.57 Å². The van der Waals surface area contributed by atoms with Gasteiger partial charge in [0, 0.05) is 17.8 Å². The molecule has 1 aromatic heterocycles. The van der Waals surface area contributed by atoms with Crippen molar-refractivity contribution >= 4 is 40.9 Å². The van der Waals surface area contributed by atoms with Gasteiger partial charge in [-0.25, -0.2) is 0 Å². The van der Waals surface area contributed by atoms with Gasteiger partial charge in [-0.1, -0.05) is 37.0 Å². The smallest absolute Gasteiger partial charge is 0.266 e. The number of amides is 1. The molecule has 1 heterocycles. The number of hydrogen-bond acceptors (Lipinski definition) is 4. The SMILES string of the molecule is COc1ccc(NC(=O)/C(C#N)=C/c2c(C)nn(CC(C)C)c2Cl)cc1Cl. The Morgan fingerprint density at radius 2 is 2.15 bits per heavy atom. The van der Waals surface area contributed by atoms with Gasteiger partial charge >= 0.3 is 0 Å². The van der Waals surface area contributed by atoms with Crippen molar-refractivity contribution in [1.82, 2.24) is 9.78 Å². The molecule has 0 aliphatic carbocycles. The Morgan fingerprint density at radius 1 is 1.44 bits per heavy atom. The van der Waals surface area contributed by atoms with E-state index in [1.54, 1.807) is 29.8 Å². The van der Waals surface area contributed by atoms with Crippen LogP contribution in [0.5, 0.6) is 5.75 Å². The summed E-state index contributed by atoms with van der Waals surface area (Å²) in [5.74, 6) is 0.286. The van der Waals surface area contributed by atoms with Crippen LogP contribution in [0, 0.1) is 24.2 Å². The van der Waals surface area contributed by atoms with E-state index in [0.717, 1.165) is 0 Å². The Morgan fingerprint density at radius 3 is 2.70 bits per heavy atom. The molecule has 0 fully saturated rings. The van der Waals surface area contributed by atoms with E-state index in [1.807, 2.05) is 6.07 Å². The number of methoxy groups -OCH3 is 1. The van der Waals surface area contributed by atoms with Crippen molar-refractivity contribution in [3.63, 3.8) is 0 Å². The molecule has 8 heteroatoms. The van der Waals surface area contributed by atoms with Crippen molar-refractivity contribution in [3.8, 4) is 11.8 Å². The molecule has 0 spiro atoms. The van der Waals surface area contributed by atoms with E-state index in [2.05, 4.69) is 24.3 Å². The number of hydrogen-bond donors (Lipinski definition) is 1. The van der Waals surface area contributed by atoms with E-state index in [9.17, 15) is 10.1 Å². The van der Waals surface area contributed by atoms with Crippen molar-refractivity contribution in [1.29, 1.82) is 5.26 Å². The zero-order chi connectivity index (χ0) is 20.1. The third-order valence-electron chi connectivity index (χ3n) is 3.71. The lowest BCUT2D eigenvalue weighted by Crippen LogP contribution is -2.13. The third-order valence-corrected chi connectivity index (χ3v) is 4.40. The average Bonchev–Trinajstić information content (AvgIpc) is 2.85. The van der Waals surface area contributed by atoms with Crippen LogP contribution in [0.2, 0.25) is 10.2 Å². The van der Waals surface area contributed by atoms with Crippen molar-refractivity contribution < 1.29 is 9.53 Å². The molecule has 0 radical (unpaired) electrons. The minimum Gasteiger partial charge on any atom is -0.495 e. The predicted molar refractivity (Wildman–Crippen MR) is 107 cm³/mol. The Kier molecular flexibility index (Phi) is 6.89. The number of nitrogens with zero attached hydrogens (tertiary/aromatic N) is 3. The zero-order valence-corrected chi connectivity index (χ0v) is 17.0. The molecule has 27 heavy (non-hydrogen) atoms. The van der Waals surface area contributed by atoms with E-state index in [1.165, 1.54) is 13.2 Å². The first-order valence-corrected chi connectivity index (χ1v) is 9.02. The van der Waals surface area contributed by atoms with E-state index < -0.39 is 5.91 Å². The van der Waals surface area contributed by atoms with Gasteiger partial charge in [-0.2, -0.15) is 10.4 Å². The third kappa shape index (κ3) is 5.03. The second kappa shape index (κ2) is 8.94. The summed E-state index contributed by atoms with van der Waals surface area (Å²) < 4.78 is 6.75. The van der Waals surface area contributed by atoms with Crippen LogP contribution in [-0.2, 0) is 11.3 Å². The highest BCUT2D eigenvalue weighted by Crippen LogP contribution is 2.28. The van der Waals surface area contributed by atoms with Crippen LogP contribution in [0.4, 0.5) is 5.69 Å². The fourth-order valence-corrected chi connectivity index (χ4v) is 2.99. The molecular formula is C19H20Cl2N4O2. The highest BCUT2D eigenvalue weighted by atomic mass is 35.5. The van der Waals surface area contributed by atoms with Gasteiger partial charge in [0.2, 0.25) is 0 Å². The summed E-state index contributed by atoms with van der Waals surface area (Å²) in [4.78, 5) is 12.5. The maximum Gasteiger partial charge on any atom is 0.266 e. The lowest BCUT2D eigenvalue weighted by Gasteiger charge is -2.08. The van der Waals surface area contributed by atoms with Gasteiger partial charge in [-0.15, -0.1) is 0 Å². The van der Waals surface area contributed by atoms with Crippen molar-refractivity contribution in [2.75, 3.05) is 12.4 Å². The Labute approximate surface area is 168 Å². The van der Waals surface area contributed by atoms with Gasteiger partial charge < -0.3 is 10.1 Å². The van der Waals surface area contributed by atoms with E-state index in [4.69, 9.17) is 27.9 Å². The van der Waals surface area contributed by atoms with Gasteiger partial charge in [-0.3, -0.25) is 9.48 Å². The number of carbonyl (C=O) groups is 1. The van der Waals surface area contributed by atoms with Crippen molar-refractivity contribution in [2.45, 2.75) is 27.3 Å². The molecule has 0 bridgehead atoms. The standard InChI is InChI=1S/C19H20Cl2N4O2/c1-11(2)10-25-18(21)15(12(3)24-25)7-13(9-22)19(26)23-14-5-6-17(27-4)16(20)8-14/h5-8,11H,10H2,1-4H3,(H,23,26)/b13-7+. The predicted octanol–water partition coefficient (Wildman–Crippen LogP) is 4.71. The van der Waals surface area contributed by atoms with Crippen LogP contribution in [-0.4, -0.2) is 22.8 Å². The van der Waals surface area contributed by atoms with Crippen LogP contribution in [0.3, 0.4) is 0 Å². The number of aryl methyl sites for hydroxylation is 1. The van der Waals surface area contributed by atoms with Crippen LogP contribution in [0.1, 0.15) is 25.1 Å². The molecule has 1 N–H and O–H groups in total. The van der Waals surface area contributed by atoms with Crippen molar-refractivity contribution in [3.05, 3.63) is 45.2 Å². The minimum atomic E-state index is -0.564. The monoisotopic (exact) mass is 406 g/mol. The molecule has 0 aliphatic rings. The molecule has 0 unspecified atom stereocenters. The Bertz CT molecular complexity index is 927. The molecule has 2 rings (SSSR count). The maximum absolute atomic E-state index is 12.5. The average molecular weight is 407 g/mol. The fourth-order valence-electron chi connectivity index (χ4n) is 2.43. The molecular weight excluding hydrogens is 387 g/mol. The van der Waals surface area contributed by atoms with Gasteiger partial charge in [0.25, 0.3) is 5.91 Å². The fraction of sp³-hybridized carbons (Fsp3) is 0.316. The Balaban J connectivity index is 2.28. The highest BCUT2D eigenvalue weighted by molar-refractivity contribution is 6.32. The second-order valence-corrected chi connectivity index (χ2v) is 7.10. The summed E-state index contributed by atoms with van der Waals surface area (Å²) in [6.07, 6.45) is 1.45. The molecule has 0 saturated heterocycles. The number of carbonyl (C=O) groups excluding carboxylic acids is 1. The summed E-state index contributed by atoms with van der Waals surface area (Å²) in [6.45, 7) is 6.53. The molecule has 142 valence electrons. The minimum absolute atomic E-state index is 0.0870. The van der Waals surface area contributed by atoms with Crippen molar-refractivity contribution in [2.24, 2.45) is 5.92 Å². The van der Waals surface area contributed by atoms with Crippen LogP contribution in [0.25, 0.3) is 6.08 Å². The number of anilines is 1. The van der Waals surface area contributed by atoms with Crippen LogP contribution >= 0.6 is 23.2 Å². The number of nitrogens with one attached hydrogen (secondary N) is 1. The van der Waals surface area contributed by atoms with Crippen LogP contribution < -0.4 is 10.1 Å². The second-order valence-electron chi connectivity index (χ2n) is 6.34. The van der Waals surface area contributed by atoms with Gasteiger partial charge in [0.05, 0.1) is 17.8 Å². The lowest BCUT2D eigenvalue weighted by atomic mass is 10.1. The summed E-state index contributed by atoms with van der Waals surface area (Å²) in [5, 5.41) is 17.2. The van der Waals surface area contributed by atoms with Gasteiger partial charge in [-0.05, 0) is 37.1 Å². The number of aromatic nitrogens is 2. The first-order chi connectivity index (χ1) is 12.8.